The molecule has 0 aliphatic rings. The lowest BCUT2D eigenvalue weighted by molar-refractivity contribution is 0.146. The fourth-order valence-electron chi connectivity index (χ4n) is 0.854. The van der Waals surface area contributed by atoms with Gasteiger partial charge in [0.15, 0.2) is 0 Å². The van der Waals surface area contributed by atoms with Crippen LogP contribution in [0.25, 0.3) is 0 Å². The van der Waals surface area contributed by atoms with Gasteiger partial charge in [-0.3, -0.25) is 0 Å². The second-order valence-electron chi connectivity index (χ2n) is 2.58. The van der Waals surface area contributed by atoms with Gasteiger partial charge in [0.05, 0.1) is 18.5 Å². The zero-order valence-corrected chi connectivity index (χ0v) is 8.71. The van der Waals surface area contributed by atoms with E-state index in [1.807, 2.05) is 0 Å². The Hall–Kier alpha value is -1.20. The minimum absolute atomic E-state index is 0.286. The van der Waals surface area contributed by atoms with Gasteiger partial charge in [-0.15, -0.1) is 0 Å². The summed E-state index contributed by atoms with van der Waals surface area (Å²) in [6, 6.07) is 3.50. The molecule has 1 aromatic heterocycles. The molecule has 0 amide bonds. The third-order valence-electron chi connectivity index (χ3n) is 1.54. The van der Waals surface area contributed by atoms with E-state index in [2.05, 4.69) is 4.98 Å². The van der Waals surface area contributed by atoms with Crippen LogP contribution < -0.4 is 10.5 Å². The summed E-state index contributed by atoms with van der Waals surface area (Å²) in [6.07, 6.45) is 1.59. The van der Waals surface area contributed by atoms with Gasteiger partial charge in [0.2, 0.25) is 0 Å². The number of thiocarbonyl (C=S) groups is 1. The van der Waals surface area contributed by atoms with Crippen LogP contribution in [-0.2, 0) is 4.74 Å². The van der Waals surface area contributed by atoms with Crippen molar-refractivity contribution in [1.29, 1.82) is 0 Å². The van der Waals surface area contributed by atoms with Crippen LogP contribution in [0.3, 0.4) is 0 Å². The topological polar surface area (TPSA) is 57.4 Å². The number of hydrogen-bond acceptors (Lipinski definition) is 4. The first kappa shape index (κ1) is 10.9. The van der Waals surface area contributed by atoms with Crippen molar-refractivity contribution in [2.45, 2.75) is 0 Å². The number of ether oxygens (including phenoxy) is 2. The molecular weight excluding hydrogens is 200 g/mol. The summed E-state index contributed by atoms with van der Waals surface area (Å²) in [5.41, 5.74) is 5.99. The Labute approximate surface area is 88.0 Å². The highest BCUT2D eigenvalue weighted by Gasteiger charge is 1.98. The lowest BCUT2D eigenvalue weighted by atomic mass is 10.3. The van der Waals surface area contributed by atoms with Gasteiger partial charge in [0, 0.05) is 7.11 Å². The molecule has 0 spiro atoms. The van der Waals surface area contributed by atoms with E-state index in [0.717, 1.165) is 0 Å². The Kier molecular flexibility index (Phi) is 4.28. The average Bonchev–Trinajstić information content (AvgIpc) is 2.19. The highest BCUT2D eigenvalue weighted by atomic mass is 32.1. The molecule has 0 saturated heterocycles. The Bertz CT molecular complexity index is 300. The summed E-state index contributed by atoms with van der Waals surface area (Å²) in [6.45, 7) is 1.06. The zero-order chi connectivity index (χ0) is 10.4. The van der Waals surface area contributed by atoms with Crippen LogP contribution in [0.2, 0.25) is 0 Å². The summed E-state index contributed by atoms with van der Waals surface area (Å²) < 4.78 is 10.1. The molecule has 1 heterocycles. The lowest BCUT2D eigenvalue weighted by Gasteiger charge is -2.05. The minimum Gasteiger partial charge on any atom is -0.490 e. The van der Waals surface area contributed by atoms with Crippen molar-refractivity contribution in [3.63, 3.8) is 0 Å². The molecule has 0 saturated carbocycles. The summed E-state index contributed by atoms with van der Waals surface area (Å²) in [7, 11) is 1.62. The first-order valence-corrected chi connectivity index (χ1v) is 4.52. The third kappa shape index (κ3) is 3.27. The highest BCUT2D eigenvalue weighted by Crippen LogP contribution is 2.08. The fourth-order valence-corrected chi connectivity index (χ4v) is 0.975. The highest BCUT2D eigenvalue weighted by molar-refractivity contribution is 7.80. The lowest BCUT2D eigenvalue weighted by Crippen LogP contribution is -2.11. The van der Waals surface area contributed by atoms with Crippen LogP contribution >= 0.6 is 12.2 Å². The van der Waals surface area contributed by atoms with Gasteiger partial charge in [0.1, 0.15) is 17.3 Å². The molecule has 0 aliphatic carbocycles. The van der Waals surface area contributed by atoms with E-state index in [4.69, 9.17) is 27.4 Å². The third-order valence-corrected chi connectivity index (χ3v) is 1.75. The van der Waals surface area contributed by atoms with Crippen molar-refractivity contribution < 1.29 is 9.47 Å². The van der Waals surface area contributed by atoms with Crippen molar-refractivity contribution in [1.82, 2.24) is 4.98 Å². The van der Waals surface area contributed by atoms with Crippen LogP contribution in [0, 0.1) is 0 Å². The molecule has 2 N–H and O–H groups in total. The van der Waals surface area contributed by atoms with Gasteiger partial charge in [-0.2, -0.15) is 0 Å². The molecule has 0 aromatic carbocycles. The number of hydrogen-bond donors (Lipinski definition) is 1. The predicted octanol–water partition coefficient (Wildman–Crippen LogP) is 0.741. The molecule has 0 fully saturated rings. The van der Waals surface area contributed by atoms with Crippen molar-refractivity contribution in [2.24, 2.45) is 5.73 Å². The van der Waals surface area contributed by atoms with Crippen molar-refractivity contribution in [3.05, 3.63) is 24.0 Å². The van der Waals surface area contributed by atoms with Crippen LogP contribution in [0.15, 0.2) is 18.3 Å². The van der Waals surface area contributed by atoms with Crippen LogP contribution in [-0.4, -0.2) is 30.3 Å². The minimum atomic E-state index is 0.286. The number of nitrogens with zero attached hydrogens (tertiary/aromatic N) is 1. The first-order chi connectivity index (χ1) is 6.74. The Morgan fingerprint density at radius 2 is 2.29 bits per heavy atom. The molecule has 0 atom stereocenters. The number of pyridine rings is 1. The van der Waals surface area contributed by atoms with Gasteiger partial charge in [-0.25, -0.2) is 4.98 Å². The van der Waals surface area contributed by atoms with Gasteiger partial charge < -0.3 is 15.2 Å². The summed E-state index contributed by atoms with van der Waals surface area (Å²) in [5, 5.41) is 0. The standard InChI is InChI=1S/C9H12N2O2S/c1-12-4-5-13-7-2-3-8(9(10)14)11-6-7/h2-3,6H,4-5H2,1H3,(H2,10,14). The monoisotopic (exact) mass is 212 g/mol. The van der Waals surface area contributed by atoms with Crippen molar-refractivity contribution in [2.75, 3.05) is 20.3 Å². The Balaban J connectivity index is 2.51. The van der Waals surface area contributed by atoms with E-state index in [0.29, 0.717) is 24.7 Å². The predicted molar refractivity (Wildman–Crippen MR) is 57.5 cm³/mol. The summed E-state index contributed by atoms with van der Waals surface area (Å²) in [4.78, 5) is 4.31. The molecule has 0 bridgehead atoms. The molecule has 1 aromatic rings. The molecule has 0 radical (unpaired) electrons. The first-order valence-electron chi connectivity index (χ1n) is 4.11. The summed E-state index contributed by atoms with van der Waals surface area (Å²) in [5.74, 6) is 0.682. The molecule has 76 valence electrons. The summed E-state index contributed by atoms with van der Waals surface area (Å²) >= 11 is 4.77. The molecule has 0 aliphatic heterocycles. The van der Waals surface area contributed by atoms with E-state index >= 15 is 0 Å². The second kappa shape index (κ2) is 5.51. The second-order valence-corrected chi connectivity index (χ2v) is 3.02. The molecule has 14 heavy (non-hydrogen) atoms. The maximum atomic E-state index is 5.39. The Morgan fingerprint density at radius 1 is 1.50 bits per heavy atom. The molecular formula is C9H12N2O2S. The van der Waals surface area contributed by atoms with Gasteiger partial charge in [-0.1, -0.05) is 12.2 Å². The quantitative estimate of drug-likeness (QED) is 0.576. The molecule has 1 rings (SSSR count). The molecule has 4 nitrogen and oxygen atoms in total. The van der Waals surface area contributed by atoms with E-state index in [9.17, 15) is 0 Å². The van der Waals surface area contributed by atoms with Crippen LogP contribution in [0.4, 0.5) is 0 Å². The van der Waals surface area contributed by atoms with E-state index in [1.165, 1.54) is 0 Å². The number of aromatic nitrogens is 1. The van der Waals surface area contributed by atoms with Crippen LogP contribution in [0.1, 0.15) is 5.69 Å². The van der Waals surface area contributed by atoms with E-state index in [-0.39, 0.29) is 4.99 Å². The van der Waals surface area contributed by atoms with E-state index < -0.39 is 0 Å². The normalized spacial score (nSPS) is 9.79. The van der Waals surface area contributed by atoms with Crippen LogP contribution in [0.5, 0.6) is 5.75 Å². The van der Waals surface area contributed by atoms with Gasteiger partial charge in [0.25, 0.3) is 0 Å². The SMILES string of the molecule is COCCOc1ccc(C(N)=S)nc1. The molecule has 0 unspecified atom stereocenters. The largest absolute Gasteiger partial charge is 0.490 e. The van der Waals surface area contributed by atoms with Gasteiger partial charge >= 0.3 is 0 Å². The zero-order valence-electron chi connectivity index (χ0n) is 7.90. The number of methoxy groups -OCH3 is 1. The Morgan fingerprint density at radius 3 is 2.79 bits per heavy atom. The fraction of sp³-hybridized carbons (Fsp3) is 0.333. The number of nitrogens with two attached hydrogens (primary N) is 1. The molecule has 5 heteroatoms. The maximum Gasteiger partial charge on any atom is 0.137 e. The van der Waals surface area contributed by atoms with Crippen molar-refractivity contribution in [3.8, 4) is 5.75 Å². The maximum absolute atomic E-state index is 5.39. The smallest absolute Gasteiger partial charge is 0.137 e. The number of rotatable bonds is 5. The average molecular weight is 212 g/mol. The van der Waals surface area contributed by atoms with Gasteiger partial charge in [-0.05, 0) is 12.1 Å². The van der Waals surface area contributed by atoms with Crippen molar-refractivity contribution >= 4 is 17.2 Å². The van der Waals surface area contributed by atoms with E-state index in [1.54, 1.807) is 25.4 Å².